The van der Waals surface area contributed by atoms with Crippen molar-refractivity contribution < 1.29 is 54.8 Å². The molecule has 2 rings (SSSR count). The number of nitrogens with one attached hydrogen (secondary N) is 1. The molecule has 0 aromatic heterocycles. The van der Waals surface area contributed by atoms with Gasteiger partial charge in [0.1, 0.15) is 42.7 Å². The fourth-order valence-electron chi connectivity index (χ4n) is 4.65. The maximum absolute atomic E-state index is 11.4. The van der Waals surface area contributed by atoms with Crippen LogP contribution in [-0.4, -0.2) is 148 Å². The lowest BCUT2D eigenvalue weighted by atomic mass is 9.93. The number of carbonyl (C=O) groups is 1. The number of hydrogen-bond donors (Lipinski definition) is 8. The maximum Gasteiger partial charge on any atom is 0.219 e. The largest absolute Gasteiger partial charge is 0.394 e. The normalized spacial score (nSPS) is 36.6. The number of ether oxygens (including phenoxy) is 3. The predicted molar refractivity (Wildman–Crippen MR) is 130 cm³/mol. The highest BCUT2D eigenvalue weighted by Crippen LogP contribution is 2.24. The van der Waals surface area contributed by atoms with Gasteiger partial charge in [0.05, 0.1) is 25.4 Å². The monoisotopic (exact) mass is 538 g/mol. The summed E-state index contributed by atoms with van der Waals surface area (Å²) in [5.41, 5.74) is 0. The van der Waals surface area contributed by atoms with Crippen LogP contribution in [0.15, 0.2) is 0 Å². The summed E-state index contributed by atoms with van der Waals surface area (Å²) in [5.74, 6) is -0.00245. The van der Waals surface area contributed by atoms with E-state index in [0.717, 1.165) is 19.3 Å². The van der Waals surface area contributed by atoms with Gasteiger partial charge in [-0.15, -0.1) is 0 Å². The number of aliphatic hydroxyl groups excluding tert-OH is 7. The zero-order valence-electron chi connectivity index (χ0n) is 21.8. The van der Waals surface area contributed by atoms with E-state index in [1.807, 2.05) is 0 Å². The Labute approximate surface area is 217 Å². The Kier molecular flexibility index (Phi) is 14.1. The first-order valence-electron chi connectivity index (χ1n) is 13.1. The average molecular weight is 539 g/mol. The molecule has 13 nitrogen and oxygen atoms in total. The van der Waals surface area contributed by atoms with E-state index in [4.69, 9.17) is 14.2 Å². The van der Waals surface area contributed by atoms with Crippen molar-refractivity contribution in [3.05, 3.63) is 0 Å². The van der Waals surface area contributed by atoms with Crippen LogP contribution < -0.4 is 5.32 Å². The molecule has 0 aliphatic carbocycles. The highest BCUT2D eigenvalue weighted by molar-refractivity contribution is 5.75. The number of nitrogens with zero attached hydrogens (tertiary/aromatic N) is 1. The molecule has 0 radical (unpaired) electrons. The molecule has 0 unspecified atom stereocenters. The third-order valence-corrected chi connectivity index (χ3v) is 7.11. The molecule has 0 aromatic carbocycles. The molecule has 10 atom stereocenters. The van der Waals surface area contributed by atoms with Crippen molar-refractivity contribution in [2.45, 2.75) is 107 Å². The molecule has 2 heterocycles. The van der Waals surface area contributed by atoms with Crippen molar-refractivity contribution in [2.24, 2.45) is 0 Å². The Morgan fingerprint density at radius 2 is 1.46 bits per heavy atom. The molecule has 0 saturated carbocycles. The molecular weight excluding hydrogens is 492 g/mol. The molecule has 2 aliphatic heterocycles. The minimum Gasteiger partial charge on any atom is -0.394 e. The van der Waals surface area contributed by atoms with Crippen molar-refractivity contribution in [1.82, 2.24) is 10.2 Å². The van der Waals surface area contributed by atoms with E-state index in [1.165, 1.54) is 0 Å². The van der Waals surface area contributed by atoms with Gasteiger partial charge in [0.25, 0.3) is 0 Å². The van der Waals surface area contributed by atoms with E-state index >= 15 is 0 Å². The van der Waals surface area contributed by atoms with Gasteiger partial charge in [0.2, 0.25) is 5.91 Å². The first-order chi connectivity index (χ1) is 17.6. The zero-order valence-corrected chi connectivity index (χ0v) is 21.8. The second kappa shape index (κ2) is 16.2. The fraction of sp³-hybridized carbons (Fsp3) is 0.958. The summed E-state index contributed by atoms with van der Waals surface area (Å²) in [6.07, 6.45) is -7.46. The summed E-state index contributed by atoms with van der Waals surface area (Å²) in [7, 11) is 1.60. The number of hydrogen-bond acceptors (Lipinski definition) is 12. The Balaban J connectivity index is 1.84. The van der Waals surface area contributed by atoms with Crippen molar-refractivity contribution in [3.63, 3.8) is 0 Å². The predicted octanol–water partition coefficient (Wildman–Crippen LogP) is -2.94. The first-order valence-corrected chi connectivity index (χ1v) is 13.1. The third-order valence-electron chi connectivity index (χ3n) is 7.11. The van der Waals surface area contributed by atoms with E-state index in [-0.39, 0.29) is 12.5 Å². The van der Waals surface area contributed by atoms with Gasteiger partial charge in [-0.1, -0.05) is 6.42 Å². The van der Waals surface area contributed by atoms with Crippen LogP contribution in [0.4, 0.5) is 0 Å². The summed E-state index contributed by atoms with van der Waals surface area (Å²) in [6, 6.07) is 0. The van der Waals surface area contributed by atoms with Crippen molar-refractivity contribution in [2.75, 3.05) is 39.9 Å². The minimum atomic E-state index is -1.51. The Morgan fingerprint density at radius 3 is 2.14 bits per heavy atom. The van der Waals surface area contributed by atoms with Crippen molar-refractivity contribution >= 4 is 5.91 Å². The lowest BCUT2D eigenvalue weighted by molar-refractivity contribution is -0.301. The minimum absolute atomic E-state index is 0.00245. The molecule has 0 spiro atoms. The summed E-state index contributed by atoms with van der Waals surface area (Å²) in [5, 5.41) is 72.1. The van der Waals surface area contributed by atoms with Gasteiger partial charge in [-0.05, 0) is 45.7 Å². The summed E-state index contributed by atoms with van der Waals surface area (Å²) in [4.78, 5) is 13.5. The van der Waals surface area contributed by atoms with Crippen LogP contribution in [-0.2, 0) is 19.0 Å². The summed E-state index contributed by atoms with van der Waals surface area (Å²) in [6.45, 7) is 3.03. The van der Waals surface area contributed by atoms with Crippen molar-refractivity contribution in [1.29, 1.82) is 0 Å². The van der Waals surface area contributed by atoms with Crippen LogP contribution in [0.1, 0.15) is 45.4 Å². The van der Waals surface area contributed by atoms with E-state index in [9.17, 15) is 40.5 Å². The molecule has 218 valence electrons. The number of unbranched alkanes of at least 4 members (excludes halogenated alkanes) is 2. The number of aliphatic hydroxyl groups is 7. The lowest BCUT2D eigenvalue weighted by Gasteiger charge is -2.40. The van der Waals surface area contributed by atoms with Gasteiger partial charge in [-0.2, -0.15) is 0 Å². The molecule has 8 N–H and O–H groups in total. The van der Waals surface area contributed by atoms with Gasteiger partial charge in [0.15, 0.2) is 6.29 Å². The van der Waals surface area contributed by atoms with E-state index in [0.29, 0.717) is 38.9 Å². The second-order valence-electron chi connectivity index (χ2n) is 9.89. The number of rotatable bonds is 15. The fourth-order valence-corrected chi connectivity index (χ4v) is 4.65. The van der Waals surface area contributed by atoms with Crippen LogP contribution in [0.2, 0.25) is 0 Å². The molecule has 37 heavy (non-hydrogen) atoms. The van der Waals surface area contributed by atoms with Gasteiger partial charge in [-0.25, -0.2) is 0 Å². The summed E-state index contributed by atoms with van der Waals surface area (Å²) >= 11 is 0. The molecule has 0 aromatic rings. The van der Waals surface area contributed by atoms with E-state index < -0.39 is 67.8 Å². The second-order valence-corrected chi connectivity index (χ2v) is 9.89. The first kappa shape index (κ1) is 32.2. The average Bonchev–Trinajstić information content (AvgIpc) is 2.89. The molecule has 0 bridgehead atoms. The van der Waals surface area contributed by atoms with E-state index in [1.54, 1.807) is 14.0 Å². The molecule has 2 saturated heterocycles. The highest BCUT2D eigenvalue weighted by atomic mass is 16.7. The Hall–Kier alpha value is -0.970. The summed E-state index contributed by atoms with van der Waals surface area (Å²) < 4.78 is 16.7. The van der Waals surface area contributed by atoms with E-state index in [2.05, 4.69) is 10.2 Å². The molecular formula is C24H46N2O11. The lowest BCUT2D eigenvalue weighted by Crippen LogP contribution is -2.59. The van der Waals surface area contributed by atoms with Gasteiger partial charge < -0.3 is 60.2 Å². The highest BCUT2D eigenvalue weighted by Gasteiger charge is 2.44. The van der Waals surface area contributed by atoms with Crippen LogP contribution in [0.3, 0.4) is 0 Å². The van der Waals surface area contributed by atoms with Crippen LogP contribution in [0.5, 0.6) is 0 Å². The number of carbonyl (C=O) groups excluding carboxylic acids is 1. The van der Waals surface area contributed by atoms with Crippen LogP contribution >= 0.6 is 0 Å². The SMILES string of the molecule is CNC(=O)CCCCCN(CCC[C@@H]1O[C@@H](C)[C@@H](O)[C@@H](O)[C@@H]1O)CCO[C@H]1O[C@H](CO)[C@@H](O)[C@H](O)[C@H]1O. The maximum atomic E-state index is 11.4. The van der Waals surface area contributed by atoms with Gasteiger partial charge in [-0.3, -0.25) is 4.79 Å². The molecule has 2 fully saturated rings. The smallest absolute Gasteiger partial charge is 0.219 e. The van der Waals surface area contributed by atoms with Crippen LogP contribution in [0, 0.1) is 0 Å². The standard InChI is InChI=1S/C24H46N2O11/c1-14-18(29)21(32)19(30)15(36-14)7-6-10-26(9-5-3-4-8-17(28)25-2)11-12-35-24-23(34)22(33)20(31)16(13-27)37-24/h14-16,18-24,27,29-34H,3-13H2,1-2H3,(H,25,28)/t14-,15-,16+,18+,19+,20+,21+,22-,23+,24-/m0/s1. The topological polar surface area (TPSA) is 202 Å². The zero-order chi connectivity index (χ0) is 27.5. The quantitative estimate of drug-likeness (QED) is 0.0988. The van der Waals surface area contributed by atoms with Crippen LogP contribution in [0.25, 0.3) is 0 Å². The third kappa shape index (κ3) is 9.62. The number of amides is 1. The van der Waals surface area contributed by atoms with Gasteiger partial charge in [0, 0.05) is 20.0 Å². The molecule has 2 aliphatic rings. The van der Waals surface area contributed by atoms with Gasteiger partial charge >= 0.3 is 0 Å². The van der Waals surface area contributed by atoms with Crippen molar-refractivity contribution in [3.8, 4) is 0 Å². The Bertz CT molecular complexity index is 658. The molecule has 1 amide bonds. The Morgan fingerprint density at radius 1 is 0.811 bits per heavy atom. The molecule has 13 heteroatoms.